The molecular formula is C24H24N2O5S. The summed E-state index contributed by atoms with van der Waals surface area (Å²) in [7, 11) is -3.82. The molecule has 0 saturated heterocycles. The van der Waals surface area contributed by atoms with E-state index in [2.05, 4.69) is 10.0 Å². The molecule has 2 N–H and O–H groups in total. The van der Waals surface area contributed by atoms with Gasteiger partial charge in [0.15, 0.2) is 11.5 Å². The van der Waals surface area contributed by atoms with Crippen LogP contribution >= 0.6 is 0 Å². The summed E-state index contributed by atoms with van der Waals surface area (Å²) in [5, 5.41) is 2.83. The van der Waals surface area contributed by atoms with Crippen LogP contribution in [-0.2, 0) is 10.0 Å². The minimum atomic E-state index is -3.82. The Hall–Kier alpha value is -3.52. The van der Waals surface area contributed by atoms with Gasteiger partial charge in [0.2, 0.25) is 0 Å². The predicted molar refractivity (Wildman–Crippen MR) is 123 cm³/mol. The van der Waals surface area contributed by atoms with E-state index in [1.54, 1.807) is 30.3 Å². The Labute approximate surface area is 187 Å². The number of hydrogen-bond acceptors (Lipinski definition) is 5. The van der Waals surface area contributed by atoms with Crippen molar-refractivity contribution in [3.63, 3.8) is 0 Å². The van der Waals surface area contributed by atoms with Crippen molar-refractivity contribution in [2.24, 2.45) is 0 Å². The molecule has 8 heteroatoms. The Morgan fingerprint density at radius 1 is 0.812 bits per heavy atom. The molecule has 0 aliphatic carbocycles. The van der Waals surface area contributed by atoms with Crippen molar-refractivity contribution in [3.05, 3.63) is 77.4 Å². The quantitative estimate of drug-likeness (QED) is 0.594. The number of benzene rings is 3. The third-order valence-corrected chi connectivity index (χ3v) is 6.29. The van der Waals surface area contributed by atoms with E-state index in [9.17, 15) is 13.2 Å². The predicted octanol–water partition coefficient (Wildman–Crippen LogP) is 4.52. The molecule has 0 atom stereocenters. The average molecular weight is 453 g/mol. The highest BCUT2D eigenvalue weighted by molar-refractivity contribution is 7.92. The second-order valence-corrected chi connectivity index (χ2v) is 9.35. The van der Waals surface area contributed by atoms with Crippen molar-refractivity contribution >= 4 is 27.3 Å². The molecule has 1 amide bonds. The first-order chi connectivity index (χ1) is 15.3. The van der Waals surface area contributed by atoms with E-state index < -0.39 is 10.0 Å². The van der Waals surface area contributed by atoms with Crippen molar-refractivity contribution in [1.82, 2.24) is 0 Å². The molecule has 32 heavy (non-hydrogen) atoms. The maximum absolute atomic E-state index is 12.8. The van der Waals surface area contributed by atoms with Gasteiger partial charge in [-0.3, -0.25) is 9.52 Å². The Morgan fingerprint density at radius 2 is 1.44 bits per heavy atom. The second kappa shape index (κ2) is 8.92. The van der Waals surface area contributed by atoms with E-state index in [1.807, 2.05) is 32.0 Å². The summed E-state index contributed by atoms with van der Waals surface area (Å²) in [6.07, 6.45) is 0.737. The molecule has 1 heterocycles. The highest BCUT2D eigenvalue weighted by Crippen LogP contribution is 2.32. The standard InChI is InChI=1S/C24H24N2O5S/c1-16-12-17(2)14-18(13-16)24(27)25-19-4-6-20(7-5-19)26-32(28,29)21-8-9-22-23(15-21)31-11-3-10-30-22/h4-9,12-15,26H,3,10-11H2,1-2H3,(H,25,27). The van der Waals surface area contributed by atoms with Gasteiger partial charge < -0.3 is 14.8 Å². The van der Waals surface area contributed by atoms with Crippen molar-refractivity contribution in [2.75, 3.05) is 23.3 Å². The maximum Gasteiger partial charge on any atom is 0.262 e. The highest BCUT2D eigenvalue weighted by Gasteiger charge is 2.19. The molecule has 166 valence electrons. The average Bonchev–Trinajstić information content (AvgIpc) is 2.99. The molecule has 0 bridgehead atoms. The summed E-state index contributed by atoms with van der Waals surface area (Å²) in [5.41, 5.74) is 3.53. The Morgan fingerprint density at radius 3 is 2.12 bits per heavy atom. The molecule has 0 saturated carbocycles. The molecule has 7 nitrogen and oxygen atoms in total. The monoisotopic (exact) mass is 452 g/mol. The molecule has 3 aromatic carbocycles. The van der Waals surface area contributed by atoms with E-state index in [1.165, 1.54) is 12.1 Å². The first-order valence-corrected chi connectivity index (χ1v) is 11.7. The lowest BCUT2D eigenvalue weighted by atomic mass is 10.1. The van der Waals surface area contributed by atoms with Crippen LogP contribution in [0.5, 0.6) is 11.5 Å². The lowest BCUT2D eigenvalue weighted by Crippen LogP contribution is -2.14. The number of carbonyl (C=O) groups is 1. The molecule has 0 fully saturated rings. The van der Waals surface area contributed by atoms with Crippen LogP contribution in [-0.4, -0.2) is 27.5 Å². The summed E-state index contributed by atoms with van der Waals surface area (Å²) in [6, 6.07) is 16.7. The third-order valence-electron chi connectivity index (χ3n) is 4.91. The molecule has 0 spiro atoms. The zero-order valence-electron chi connectivity index (χ0n) is 17.8. The van der Waals surface area contributed by atoms with E-state index >= 15 is 0 Å². The van der Waals surface area contributed by atoms with Gasteiger partial charge in [-0.1, -0.05) is 17.2 Å². The van der Waals surface area contributed by atoms with E-state index in [-0.39, 0.29) is 10.8 Å². The number of rotatable bonds is 5. The van der Waals surface area contributed by atoms with Gasteiger partial charge in [0.25, 0.3) is 15.9 Å². The van der Waals surface area contributed by atoms with E-state index in [0.29, 0.717) is 41.7 Å². The number of fused-ring (bicyclic) bond motifs is 1. The molecule has 0 aromatic heterocycles. The molecular weight excluding hydrogens is 428 g/mol. The highest BCUT2D eigenvalue weighted by atomic mass is 32.2. The van der Waals surface area contributed by atoms with Gasteiger partial charge in [-0.15, -0.1) is 0 Å². The fourth-order valence-corrected chi connectivity index (χ4v) is 4.53. The number of carbonyl (C=O) groups excluding carboxylic acids is 1. The Kier molecular flexibility index (Phi) is 6.05. The van der Waals surface area contributed by atoms with Crippen molar-refractivity contribution in [2.45, 2.75) is 25.2 Å². The minimum Gasteiger partial charge on any atom is -0.490 e. The van der Waals surface area contributed by atoms with Crippen LogP contribution in [0.1, 0.15) is 27.9 Å². The van der Waals surface area contributed by atoms with Crippen molar-refractivity contribution in [3.8, 4) is 11.5 Å². The zero-order valence-corrected chi connectivity index (χ0v) is 18.7. The number of amides is 1. The Bertz CT molecular complexity index is 1230. The van der Waals surface area contributed by atoms with Crippen LogP contribution < -0.4 is 19.5 Å². The van der Waals surface area contributed by atoms with Crippen LogP contribution in [0.15, 0.2) is 65.6 Å². The number of aryl methyl sites for hydroxylation is 2. The summed E-state index contributed by atoms with van der Waals surface area (Å²) in [5.74, 6) is 0.720. The van der Waals surface area contributed by atoms with Crippen LogP contribution in [0.4, 0.5) is 11.4 Å². The molecule has 0 radical (unpaired) electrons. The maximum atomic E-state index is 12.8. The van der Waals surface area contributed by atoms with E-state index in [0.717, 1.165) is 17.5 Å². The SMILES string of the molecule is Cc1cc(C)cc(C(=O)Nc2ccc(NS(=O)(=O)c3ccc4c(c3)OCCCO4)cc2)c1. The largest absolute Gasteiger partial charge is 0.490 e. The summed E-state index contributed by atoms with van der Waals surface area (Å²) < 4.78 is 39.3. The van der Waals surface area contributed by atoms with Crippen LogP contribution in [0.2, 0.25) is 0 Å². The summed E-state index contributed by atoms with van der Waals surface area (Å²) >= 11 is 0. The summed E-state index contributed by atoms with van der Waals surface area (Å²) in [6.45, 7) is 4.88. The summed E-state index contributed by atoms with van der Waals surface area (Å²) in [4.78, 5) is 12.6. The molecule has 0 unspecified atom stereocenters. The fourth-order valence-electron chi connectivity index (χ4n) is 3.46. The van der Waals surface area contributed by atoms with Crippen LogP contribution in [0.3, 0.4) is 0 Å². The van der Waals surface area contributed by atoms with Crippen molar-refractivity contribution in [1.29, 1.82) is 0 Å². The zero-order chi connectivity index (χ0) is 22.7. The second-order valence-electron chi connectivity index (χ2n) is 7.67. The van der Waals surface area contributed by atoms with Crippen LogP contribution in [0, 0.1) is 13.8 Å². The molecule has 1 aliphatic heterocycles. The molecule has 4 rings (SSSR count). The normalized spacial score (nSPS) is 13.2. The van der Waals surface area contributed by atoms with Gasteiger partial charge >= 0.3 is 0 Å². The minimum absolute atomic E-state index is 0.0777. The first kappa shape index (κ1) is 21.7. The number of hydrogen-bond donors (Lipinski definition) is 2. The van der Waals surface area contributed by atoms with Gasteiger partial charge in [-0.2, -0.15) is 0 Å². The first-order valence-electron chi connectivity index (χ1n) is 10.2. The van der Waals surface area contributed by atoms with Crippen molar-refractivity contribution < 1.29 is 22.7 Å². The van der Waals surface area contributed by atoms with Gasteiger partial charge in [-0.25, -0.2) is 8.42 Å². The topological polar surface area (TPSA) is 93.7 Å². The van der Waals surface area contributed by atoms with Gasteiger partial charge in [0.1, 0.15) is 0 Å². The lowest BCUT2D eigenvalue weighted by molar-refractivity contribution is 0.102. The van der Waals surface area contributed by atoms with Gasteiger partial charge in [-0.05, 0) is 62.4 Å². The molecule has 1 aliphatic rings. The third kappa shape index (κ3) is 5.03. The number of anilines is 2. The van der Waals surface area contributed by atoms with E-state index in [4.69, 9.17) is 9.47 Å². The smallest absolute Gasteiger partial charge is 0.262 e. The number of nitrogens with one attached hydrogen (secondary N) is 2. The van der Waals surface area contributed by atoms with Crippen LogP contribution in [0.25, 0.3) is 0 Å². The fraction of sp³-hybridized carbons (Fsp3) is 0.208. The molecule has 3 aromatic rings. The lowest BCUT2D eigenvalue weighted by Gasteiger charge is -2.12. The van der Waals surface area contributed by atoms with Gasteiger partial charge in [0.05, 0.1) is 18.1 Å². The number of sulfonamides is 1. The Balaban J connectivity index is 1.46. The van der Waals surface area contributed by atoms with Gasteiger partial charge in [0, 0.05) is 29.4 Å². The number of ether oxygens (including phenoxy) is 2.